The molecule has 0 rings (SSSR count). The number of ether oxygens (including phenoxy) is 1. The lowest BCUT2D eigenvalue weighted by atomic mass is 10.0. The third-order valence-electron chi connectivity index (χ3n) is 5.49. The van der Waals surface area contributed by atoms with Crippen molar-refractivity contribution in [2.75, 3.05) is 6.54 Å². The Hall–Kier alpha value is -1.10. The number of nitrogens with one attached hydrogen (secondary N) is 1. The number of rotatable bonds is 21. The van der Waals surface area contributed by atoms with Gasteiger partial charge >= 0.3 is 11.9 Å². The first-order chi connectivity index (χ1) is 14.0. The van der Waals surface area contributed by atoms with E-state index in [0.717, 1.165) is 32.1 Å². The molecule has 0 aromatic heterocycles. The highest BCUT2D eigenvalue weighted by Crippen LogP contribution is 2.16. The monoisotopic (exact) mass is 413 g/mol. The average molecular weight is 414 g/mol. The van der Waals surface area contributed by atoms with Crippen molar-refractivity contribution >= 4 is 11.9 Å². The Balaban J connectivity index is 4.16. The third kappa shape index (κ3) is 18.7. The summed E-state index contributed by atoms with van der Waals surface area (Å²) >= 11 is 0. The van der Waals surface area contributed by atoms with Crippen LogP contribution in [0.4, 0.5) is 0 Å². The Kier molecular flexibility index (Phi) is 19.4. The van der Waals surface area contributed by atoms with Crippen LogP contribution in [0.25, 0.3) is 0 Å². The molecule has 0 saturated carbocycles. The van der Waals surface area contributed by atoms with E-state index in [9.17, 15) is 9.59 Å². The first-order valence-electron chi connectivity index (χ1n) is 12.2. The molecule has 0 saturated heterocycles. The molecule has 0 aromatic carbocycles. The second-order valence-corrected chi connectivity index (χ2v) is 8.37. The summed E-state index contributed by atoms with van der Waals surface area (Å²) in [5, 5.41) is 11.9. The van der Waals surface area contributed by atoms with Crippen LogP contribution >= 0.6 is 0 Å². The molecule has 5 nitrogen and oxygen atoms in total. The first-order valence-corrected chi connectivity index (χ1v) is 12.2. The van der Waals surface area contributed by atoms with Gasteiger partial charge in [-0.1, -0.05) is 90.9 Å². The normalized spacial score (nSPS) is 13.2. The lowest BCUT2D eigenvalue weighted by Crippen LogP contribution is -2.42. The lowest BCUT2D eigenvalue weighted by Gasteiger charge is -2.25. The molecule has 0 aliphatic carbocycles. The van der Waals surface area contributed by atoms with E-state index in [4.69, 9.17) is 9.84 Å². The minimum atomic E-state index is -0.888. The molecule has 29 heavy (non-hydrogen) atoms. The van der Waals surface area contributed by atoms with Crippen molar-refractivity contribution < 1.29 is 19.4 Å². The minimum Gasteiger partial charge on any atom is -0.480 e. The van der Waals surface area contributed by atoms with E-state index < -0.39 is 5.97 Å². The molecule has 0 spiro atoms. The summed E-state index contributed by atoms with van der Waals surface area (Å²) in [6, 6.07) is -0.149. The molecule has 0 amide bonds. The number of aliphatic carboxylic acids is 1. The Morgan fingerprint density at radius 3 is 1.79 bits per heavy atom. The smallest absolute Gasteiger partial charge is 0.317 e. The van der Waals surface area contributed by atoms with Crippen LogP contribution in [-0.4, -0.2) is 35.7 Å². The van der Waals surface area contributed by atoms with Gasteiger partial charge in [-0.15, -0.1) is 0 Å². The summed E-state index contributed by atoms with van der Waals surface area (Å²) in [7, 11) is 0. The van der Waals surface area contributed by atoms with Crippen LogP contribution < -0.4 is 5.32 Å². The van der Waals surface area contributed by atoms with Gasteiger partial charge in [-0.05, 0) is 26.2 Å². The number of esters is 1. The highest BCUT2D eigenvalue weighted by molar-refractivity contribution is 5.70. The van der Waals surface area contributed by atoms with Gasteiger partial charge in [0.2, 0.25) is 0 Å². The van der Waals surface area contributed by atoms with Gasteiger partial charge in [-0.2, -0.15) is 0 Å². The Morgan fingerprint density at radius 1 is 0.793 bits per heavy atom. The summed E-state index contributed by atoms with van der Waals surface area (Å²) in [5.41, 5.74) is 0. The van der Waals surface area contributed by atoms with E-state index in [1.54, 1.807) is 0 Å². The molecule has 5 heteroatoms. The van der Waals surface area contributed by atoms with Crippen molar-refractivity contribution in [3.05, 3.63) is 0 Å². The van der Waals surface area contributed by atoms with E-state index >= 15 is 0 Å². The number of carboxylic acid groups (broad SMARTS) is 1. The van der Waals surface area contributed by atoms with Crippen LogP contribution in [0, 0.1) is 0 Å². The standard InChI is InChI=1S/C24H47NO4/c1-4-6-8-10-11-12-13-15-16-18-22(21(3)25-20-23(26)27)29-24(28)19-17-14-9-7-5-2/h21-22,25H,4-20H2,1-3H3,(H,26,27)/t21-,22-/m1/s1. The van der Waals surface area contributed by atoms with Gasteiger partial charge in [0, 0.05) is 12.5 Å². The number of hydrogen-bond acceptors (Lipinski definition) is 4. The predicted octanol–water partition coefficient (Wildman–Crippen LogP) is 6.24. The van der Waals surface area contributed by atoms with E-state index in [0.29, 0.717) is 6.42 Å². The zero-order valence-electron chi connectivity index (χ0n) is 19.3. The van der Waals surface area contributed by atoms with Gasteiger partial charge in [0.15, 0.2) is 0 Å². The number of hydrogen-bond donors (Lipinski definition) is 2. The molecular weight excluding hydrogens is 366 g/mol. The van der Waals surface area contributed by atoms with Crippen molar-refractivity contribution in [3.63, 3.8) is 0 Å². The summed E-state index contributed by atoms with van der Waals surface area (Å²) in [6.45, 7) is 6.22. The fourth-order valence-electron chi connectivity index (χ4n) is 3.55. The van der Waals surface area contributed by atoms with Crippen molar-refractivity contribution in [1.29, 1.82) is 0 Å². The van der Waals surface area contributed by atoms with Crippen LogP contribution in [-0.2, 0) is 14.3 Å². The van der Waals surface area contributed by atoms with E-state index in [1.165, 1.54) is 64.2 Å². The molecule has 0 aliphatic rings. The molecule has 172 valence electrons. The number of carbonyl (C=O) groups excluding carboxylic acids is 1. The Labute approximate surface area is 179 Å². The van der Waals surface area contributed by atoms with Gasteiger partial charge < -0.3 is 15.2 Å². The molecule has 0 bridgehead atoms. The summed E-state index contributed by atoms with van der Waals surface area (Å²) < 4.78 is 5.73. The zero-order valence-corrected chi connectivity index (χ0v) is 19.3. The highest BCUT2D eigenvalue weighted by atomic mass is 16.5. The van der Waals surface area contributed by atoms with Gasteiger partial charge in [0.25, 0.3) is 0 Å². The quantitative estimate of drug-likeness (QED) is 0.172. The number of carboxylic acids is 1. The molecule has 0 aromatic rings. The highest BCUT2D eigenvalue weighted by Gasteiger charge is 2.21. The molecular formula is C24H47NO4. The van der Waals surface area contributed by atoms with Crippen molar-refractivity contribution in [2.24, 2.45) is 0 Å². The molecule has 2 N–H and O–H groups in total. The average Bonchev–Trinajstić information content (AvgIpc) is 2.69. The van der Waals surface area contributed by atoms with Gasteiger partial charge in [-0.25, -0.2) is 0 Å². The molecule has 2 atom stereocenters. The van der Waals surface area contributed by atoms with Gasteiger partial charge in [0.1, 0.15) is 6.10 Å². The third-order valence-corrected chi connectivity index (χ3v) is 5.49. The van der Waals surface area contributed by atoms with Gasteiger partial charge in [0.05, 0.1) is 6.54 Å². The second-order valence-electron chi connectivity index (χ2n) is 8.37. The Morgan fingerprint density at radius 2 is 1.28 bits per heavy atom. The van der Waals surface area contributed by atoms with E-state index in [-0.39, 0.29) is 24.7 Å². The van der Waals surface area contributed by atoms with E-state index in [1.807, 2.05) is 6.92 Å². The predicted molar refractivity (Wildman–Crippen MR) is 120 cm³/mol. The maximum absolute atomic E-state index is 12.2. The summed E-state index contributed by atoms with van der Waals surface area (Å²) in [4.78, 5) is 23.1. The largest absolute Gasteiger partial charge is 0.480 e. The second kappa shape index (κ2) is 20.2. The first kappa shape index (κ1) is 27.9. The van der Waals surface area contributed by atoms with Crippen LogP contribution in [0.15, 0.2) is 0 Å². The maximum Gasteiger partial charge on any atom is 0.317 e. The topological polar surface area (TPSA) is 75.6 Å². The molecule has 0 radical (unpaired) electrons. The van der Waals surface area contributed by atoms with Crippen LogP contribution in [0.3, 0.4) is 0 Å². The number of unbranched alkanes of at least 4 members (excludes halogenated alkanes) is 12. The van der Waals surface area contributed by atoms with Crippen molar-refractivity contribution in [3.8, 4) is 0 Å². The summed E-state index contributed by atoms with van der Waals surface area (Å²) in [6.07, 6.45) is 17.8. The Bertz CT molecular complexity index is 400. The number of carbonyl (C=O) groups is 2. The van der Waals surface area contributed by atoms with E-state index in [2.05, 4.69) is 19.2 Å². The molecule has 0 aliphatic heterocycles. The minimum absolute atomic E-state index is 0.107. The van der Waals surface area contributed by atoms with Gasteiger partial charge in [-0.3, -0.25) is 9.59 Å². The fourth-order valence-corrected chi connectivity index (χ4v) is 3.55. The van der Waals surface area contributed by atoms with Crippen LogP contribution in [0.2, 0.25) is 0 Å². The van der Waals surface area contributed by atoms with Crippen molar-refractivity contribution in [1.82, 2.24) is 5.32 Å². The SMILES string of the molecule is CCCCCCCCCCC[C@@H](OC(=O)CCCCCCC)[C@@H](C)NCC(=O)O. The molecule has 0 unspecified atom stereocenters. The van der Waals surface area contributed by atoms with Crippen molar-refractivity contribution in [2.45, 2.75) is 136 Å². The maximum atomic E-state index is 12.2. The lowest BCUT2D eigenvalue weighted by molar-refractivity contribution is -0.151. The molecule has 0 fully saturated rings. The van der Waals surface area contributed by atoms with Crippen LogP contribution in [0.1, 0.15) is 124 Å². The summed E-state index contributed by atoms with van der Waals surface area (Å²) in [5.74, 6) is -1.03. The molecule has 0 heterocycles. The van der Waals surface area contributed by atoms with Crippen LogP contribution in [0.5, 0.6) is 0 Å². The zero-order chi connectivity index (χ0) is 21.7. The fraction of sp³-hybridized carbons (Fsp3) is 0.917.